The van der Waals surface area contributed by atoms with Crippen LogP contribution in [0.15, 0.2) is 53.4 Å². The van der Waals surface area contributed by atoms with Crippen LogP contribution >= 0.6 is 0 Å². The maximum atomic E-state index is 12.1. The molecule has 0 saturated heterocycles. The summed E-state index contributed by atoms with van der Waals surface area (Å²) < 4.78 is 11.6. The van der Waals surface area contributed by atoms with Gasteiger partial charge in [0, 0.05) is 21.9 Å². The van der Waals surface area contributed by atoms with Crippen LogP contribution in [0.25, 0.3) is 0 Å². The zero-order chi connectivity index (χ0) is 14.5. The maximum absolute atomic E-state index is 12.1. The summed E-state index contributed by atoms with van der Waals surface area (Å²) in [7, 11) is -0.984. The molecule has 2 aromatic rings. The topological polar surface area (TPSA) is 46.2 Å². The van der Waals surface area contributed by atoms with Gasteiger partial charge in [-0.3, -0.25) is 9.00 Å². The number of hydrogen-bond donors (Lipinski definition) is 1. The molecule has 3 nitrogen and oxygen atoms in total. The van der Waals surface area contributed by atoms with Crippen molar-refractivity contribution in [1.82, 2.24) is 0 Å². The van der Waals surface area contributed by atoms with E-state index < -0.39 is 10.8 Å². The Labute approximate surface area is 121 Å². The summed E-state index contributed by atoms with van der Waals surface area (Å²) in [6, 6.07) is 14.5. The lowest BCUT2D eigenvalue weighted by Crippen LogP contribution is -2.11. The van der Waals surface area contributed by atoms with Crippen molar-refractivity contribution in [3.63, 3.8) is 0 Å². The molecule has 1 N–H and O–H groups in total. The number of rotatable bonds is 4. The SMILES string of the molecule is CCS(=O)c1ccc(C(=O)Nc2ccc(C)cc2)cc1. The summed E-state index contributed by atoms with van der Waals surface area (Å²) in [6.45, 7) is 3.87. The van der Waals surface area contributed by atoms with Crippen LogP contribution in [0.3, 0.4) is 0 Å². The first-order valence-corrected chi connectivity index (χ1v) is 7.78. The number of hydrogen-bond acceptors (Lipinski definition) is 2. The van der Waals surface area contributed by atoms with E-state index in [1.54, 1.807) is 24.3 Å². The van der Waals surface area contributed by atoms with Gasteiger partial charge in [0.1, 0.15) is 0 Å². The standard InChI is InChI=1S/C16H17NO2S/c1-3-20(19)15-10-6-13(7-11-15)16(18)17-14-8-4-12(2)5-9-14/h4-11H,3H2,1-2H3,(H,17,18). The van der Waals surface area contributed by atoms with Crippen LogP contribution < -0.4 is 5.32 Å². The second-order valence-corrected chi connectivity index (χ2v) is 6.22. The summed E-state index contributed by atoms with van der Waals surface area (Å²) in [5.74, 6) is 0.414. The van der Waals surface area contributed by atoms with Crippen molar-refractivity contribution in [2.45, 2.75) is 18.7 Å². The molecule has 4 heteroatoms. The van der Waals surface area contributed by atoms with Crippen molar-refractivity contribution in [3.8, 4) is 0 Å². The molecular weight excluding hydrogens is 270 g/mol. The Morgan fingerprint density at radius 3 is 2.20 bits per heavy atom. The van der Waals surface area contributed by atoms with E-state index in [0.29, 0.717) is 11.3 Å². The molecular formula is C16H17NO2S. The third-order valence-electron chi connectivity index (χ3n) is 2.95. The normalized spacial score (nSPS) is 11.9. The molecule has 0 spiro atoms. The van der Waals surface area contributed by atoms with Gasteiger partial charge in [0.25, 0.3) is 5.91 Å². The van der Waals surface area contributed by atoms with Crippen molar-refractivity contribution in [2.75, 3.05) is 11.1 Å². The van der Waals surface area contributed by atoms with E-state index in [1.165, 1.54) is 0 Å². The number of carbonyl (C=O) groups excluding carboxylic acids is 1. The largest absolute Gasteiger partial charge is 0.322 e. The number of carbonyl (C=O) groups is 1. The van der Waals surface area contributed by atoms with Crippen LogP contribution in [0.1, 0.15) is 22.8 Å². The molecule has 104 valence electrons. The van der Waals surface area contributed by atoms with Gasteiger partial charge in [0.2, 0.25) is 0 Å². The van der Waals surface area contributed by atoms with Gasteiger partial charge in [-0.1, -0.05) is 24.6 Å². The number of aryl methyl sites for hydroxylation is 1. The Morgan fingerprint density at radius 1 is 1.05 bits per heavy atom. The molecule has 1 unspecified atom stereocenters. The highest BCUT2D eigenvalue weighted by molar-refractivity contribution is 7.85. The van der Waals surface area contributed by atoms with Crippen LogP contribution in [0.4, 0.5) is 5.69 Å². The van der Waals surface area contributed by atoms with E-state index in [2.05, 4.69) is 5.32 Å². The molecule has 0 aliphatic carbocycles. The van der Waals surface area contributed by atoms with E-state index in [0.717, 1.165) is 16.1 Å². The molecule has 0 saturated carbocycles. The molecule has 0 heterocycles. The highest BCUT2D eigenvalue weighted by atomic mass is 32.2. The van der Waals surface area contributed by atoms with Gasteiger partial charge in [0.05, 0.1) is 10.8 Å². The molecule has 1 atom stereocenters. The van der Waals surface area contributed by atoms with Gasteiger partial charge in [-0.15, -0.1) is 0 Å². The quantitative estimate of drug-likeness (QED) is 0.937. The number of benzene rings is 2. The minimum Gasteiger partial charge on any atom is -0.322 e. The van der Waals surface area contributed by atoms with Gasteiger partial charge in [-0.25, -0.2) is 0 Å². The average molecular weight is 287 g/mol. The summed E-state index contributed by atoms with van der Waals surface area (Å²) in [5.41, 5.74) is 2.47. The molecule has 1 amide bonds. The Kier molecular flexibility index (Phi) is 4.69. The Hall–Kier alpha value is -1.94. The Morgan fingerprint density at radius 2 is 1.65 bits per heavy atom. The second-order valence-electron chi connectivity index (χ2n) is 4.48. The van der Waals surface area contributed by atoms with E-state index in [9.17, 15) is 9.00 Å². The molecule has 20 heavy (non-hydrogen) atoms. The second kappa shape index (κ2) is 6.48. The Balaban J connectivity index is 2.09. The van der Waals surface area contributed by atoms with E-state index in [4.69, 9.17) is 0 Å². The summed E-state index contributed by atoms with van der Waals surface area (Å²) in [4.78, 5) is 12.8. The Bertz CT molecular complexity index is 618. The molecule has 0 bridgehead atoms. The van der Waals surface area contributed by atoms with Crippen molar-refractivity contribution in [3.05, 3.63) is 59.7 Å². The third kappa shape index (κ3) is 3.54. The summed E-state index contributed by atoms with van der Waals surface area (Å²) in [5, 5.41) is 2.83. The van der Waals surface area contributed by atoms with Crippen molar-refractivity contribution in [1.29, 1.82) is 0 Å². The predicted octanol–water partition coefficient (Wildman–Crippen LogP) is 3.37. The molecule has 2 aromatic carbocycles. The predicted molar refractivity (Wildman–Crippen MR) is 82.5 cm³/mol. The zero-order valence-electron chi connectivity index (χ0n) is 11.6. The van der Waals surface area contributed by atoms with Gasteiger partial charge in [0.15, 0.2) is 0 Å². The molecule has 0 radical (unpaired) electrons. The van der Waals surface area contributed by atoms with E-state index in [-0.39, 0.29) is 5.91 Å². The fraction of sp³-hybridized carbons (Fsp3) is 0.188. The lowest BCUT2D eigenvalue weighted by atomic mass is 10.2. The first kappa shape index (κ1) is 14.5. The smallest absolute Gasteiger partial charge is 0.255 e. The molecule has 2 rings (SSSR count). The number of amides is 1. The molecule has 0 aliphatic heterocycles. The monoisotopic (exact) mass is 287 g/mol. The van der Waals surface area contributed by atoms with Crippen molar-refractivity contribution < 1.29 is 9.00 Å². The van der Waals surface area contributed by atoms with Gasteiger partial charge in [-0.05, 0) is 43.3 Å². The lowest BCUT2D eigenvalue weighted by molar-refractivity contribution is 0.102. The molecule has 0 aliphatic rings. The van der Waals surface area contributed by atoms with Gasteiger partial charge in [-0.2, -0.15) is 0 Å². The van der Waals surface area contributed by atoms with Crippen LogP contribution in [-0.4, -0.2) is 15.9 Å². The van der Waals surface area contributed by atoms with Crippen molar-refractivity contribution in [2.24, 2.45) is 0 Å². The fourth-order valence-electron chi connectivity index (χ4n) is 1.76. The molecule has 0 aromatic heterocycles. The van der Waals surface area contributed by atoms with Crippen LogP contribution in [0.5, 0.6) is 0 Å². The highest BCUT2D eigenvalue weighted by Gasteiger charge is 2.07. The van der Waals surface area contributed by atoms with Crippen LogP contribution in [0, 0.1) is 6.92 Å². The van der Waals surface area contributed by atoms with Crippen molar-refractivity contribution >= 4 is 22.4 Å². The lowest BCUT2D eigenvalue weighted by Gasteiger charge is -2.06. The minimum absolute atomic E-state index is 0.164. The maximum Gasteiger partial charge on any atom is 0.255 e. The van der Waals surface area contributed by atoms with Gasteiger partial charge < -0.3 is 5.32 Å². The average Bonchev–Trinajstić information content (AvgIpc) is 2.49. The van der Waals surface area contributed by atoms with E-state index in [1.807, 2.05) is 38.1 Å². The molecule has 0 fully saturated rings. The first-order chi connectivity index (χ1) is 9.60. The summed E-state index contributed by atoms with van der Waals surface area (Å²) in [6.07, 6.45) is 0. The van der Waals surface area contributed by atoms with Gasteiger partial charge >= 0.3 is 0 Å². The van der Waals surface area contributed by atoms with Crippen LogP contribution in [0.2, 0.25) is 0 Å². The summed E-state index contributed by atoms with van der Waals surface area (Å²) >= 11 is 0. The first-order valence-electron chi connectivity index (χ1n) is 6.46. The highest BCUT2D eigenvalue weighted by Crippen LogP contribution is 2.13. The van der Waals surface area contributed by atoms with Crippen LogP contribution in [-0.2, 0) is 10.8 Å². The third-order valence-corrected chi connectivity index (χ3v) is 4.27. The minimum atomic E-state index is -0.984. The number of anilines is 1. The fourth-order valence-corrected chi connectivity index (χ4v) is 2.54. The number of nitrogens with one attached hydrogen (secondary N) is 1. The van der Waals surface area contributed by atoms with E-state index >= 15 is 0 Å². The zero-order valence-corrected chi connectivity index (χ0v) is 12.4.